The van der Waals surface area contributed by atoms with Gasteiger partial charge in [0.25, 0.3) is 5.56 Å². The van der Waals surface area contributed by atoms with Crippen molar-refractivity contribution < 1.29 is 19.1 Å². The van der Waals surface area contributed by atoms with E-state index in [1.54, 1.807) is 37.4 Å². The average Bonchev–Trinajstić information content (AvgIpc) is 3.02. The number of para-hydroxylation sites is 1. The van der Waals surface area contributed by atoms with Gasteiger partial charge in [-0.2, -0.15) is 0 Å². The summed E-state index contributed by atoms with van der Waals surface area (Å²) in [5.74, 6) is -0.367. The fraction of sp³-hybridized carbons (Fsp3) is 0.364. The highest BCUT2D eigenvalue weighted by Gasteiger charge is 2.17. The minimum atomic E-state index is -0.521. The van der Waals surface area contributed by atoms with Gasteiger partial charge in [0.1, 0.15) is 5.82 Å². The van der Waals surface area contributed by atoms with Gasteiger partial charge < -0.3 is 19.0 Å². The molecule has 0 saturated heterocycles. The lowest BCUT2D eigenvalue weighted by molar-refractivity contribution is -0.142. The molecule has 0 saturated carbocycles. The molecule has 0 aliphatic carbocycles. The number of fused-ring (bicyclic) bond motifs is 1. The number of aromatic nitrogens is 3. The highest BCUT2D eigenvalue weighted by molar-refractivity contribution is 5.99. The van der Waals surface area contributed by atoms with Gasteiger partial charge in [-0.05, 0) is 32.0 Å². The molecule has 30 heavy (non-hydrogen) atoms. The zero-order chi connectivity index (χ0) is 21.7. The lowest BCUT2D eigenvalue weighted by Crippen LogP contribution is -2.17. The van der Waals surface area contributed by atoms with Crippen molar-refractivity contribution in [3.05, 3.63) is 63.5 Å². The Kier molecular flexibility index (Phi) is 6.79. The Labute approximate surface area is 173 Å². The second-order valence-corrected chi connectivity index (χ2v) is 7.04. The lowest BCUT2D eigenvalue weighted by atomic mass is 10.1. The van der Waals surface area contributed by atoms with E-state index in [1.165, 1.54) is 0 Å². The molecule has 0 aliphatic heterocycles. The van der Waals surface area contributed by atoms with Crippen molar-refractivity contribution in [1.29, 1.82) is 0 Å². The van der Waals surface area contributed by atoms with E-state index in [0.717, 1.165) is 11.4 Å². The minimum Gasteiger partial charge on any atom is -0.457 e. The summed E-state index contributed by atoms with van der Waals surface area (Å²) in [6.07, 6.45) is 0.236. The zero-order valence-electron chi connectivity index (χ0n) is 17.4. The summed E-state index contributed by atoms with van der Waals surface area (Å²) >= 11 is 0. The molecule has 3 aromatic rings. The van der Waals surface area contributed by atoms with Gasteiger partial charge in [-0.1, -0.05) is 12.1 Å². The predicted molar refractivity (Wildman–Crippen MR) is 112 cm³/mol. The first-order valence-electron chi connectivity index (χ1n) is 9.73. The number of ketones is 1. The van der Waals surface area contributed by atoms with E-state index in [1.807, 2.05) is 18.4 Å². The molecule has 3 rings (SSSR count). The van der Waals surface area contributed by atoms with Gasteiger partial charge >= 0.3 is 5.97 Å². The Hall–Kier alpha value is -3.26. The van der Waals surface area contributed by atoms with Gasteiger partial charge in [-0.25, -0.2) is 4.98 Å². The van der Waals surface area contributed by atoms with Crippen molar-refractivity contribution in [2.24, 2.45) is 0 Å². The largest absolute Gasteiger partial charge is 0.457 e. The van der Waals surface area contributed by atoms with E-state index in [4.69, 9.17) is 9.47 Å². The number of Topliss-reactive ketones (excluding diaryl/α,β-unsaturated/α-hetero) is 1. The van der Waals surface area contributed by atoms with Crippen LogP contribution < -0.4 is 5.56 Å². The molecule has 0 atom stereocenters. The van der Waals surface area contributed by atoms with Crippen LogP contribution in [0, 0.1) is 13.8 Å². The van der Waals surface area contributed by atoms with Crippen molar-refractivity contribution in [2.75, 3.05) is 20.3 Å². The van der Waals surface area contributed by atoms with E-state index in [9.17, 15) is 14.4 Å². The first-order valence-corrected chi connectivity index (χ1v) is 9.73. The number of nitrogens with zero attached hydrogens (tertiary/aromatic N) is 2. The lowest BCUT2D eigenvalue weighted by Gasteiger charge is -2.09. The summed E-state index contributed by atoms with van der Waals surface area (Å²) < 4.78 is 12.2. The predicted octanol–water partition coefficient (Wildman–Crippen LogP) is 2.35. The zero-order valence-corrected chi connectivity index (χ0v) is 17.4. The van der Waals surface area contributed by atoms with Crippen LogP contribution in [-0.4, -0.2) is 46.6 Å². The van der Waals surface area contributed by atoms with Crippen molar-refractivity contribution in [3.8, 4) is 0 Å². The molecule has 1 aromatic carbocycles. The summed E-state index contributed by atoms with van der Waals surface area (Å²) in [5.41, 5.74) is 2.64. The van der Waals surface area contributed by atoms with Crippen LogP contribution in [0.4, 0.5) is 0 Å². The quantitative estimate of drug-likeness (QED) is 0.428. The highest BCUT2D eigenvalue weighted by Crippen LogP contribution is 2.16. The molecule has 0 radical (unpaired) electrons. The Morgan fingerprint density at radius 1 is 1.20 bits per heavy atom. The second kappa shape index (κ2) is 9.49. The van der Waals surface area contributed by atoms with Crippen LogP contribution in [0.15, 0.2) is 35.1 Å². The summed E-state index contributed by atoms with van der Waals surface area (Å²) in [7, 11) is 1.63. The number of carbonyl (C=O) groups is 2. The first kappa shape index (κ1) is 21.4. The molecule has 2 aromatic heterocycles. The molecule has 0 aliphatic rings. The normalized spacial score (nSPS) is 11.0. The fourth-order valence-electron chi connectivity index (χ4n) is 3.38. The monoisotopic (exact) mass is 411 g/mol. The third-order valence-electron chi connectivity index (χ3n) is 4.99. The topological polar surface area (TPSA) is 103 Å². The molecular weight excluding hydrogens is 386 g/mol. The first-order chi connectivity index (χ1) is 14.4. The molecule has 8 nitrogen and oxygen atoms in total. The van der Waals surface area contributed by atoms with Crippen LogP contribution in [0.25, 0.3) is 10.9 Å². The maximum Gasteiger partial charge on any atom is 0.306 e. The van der Waals surface area contributed by atoms with Gasteiger partial charge in [0.2, 0.25) is 5.78 Å². The molecule has 0 fully saturated rings. The minimum absolute atomic E-state index is 0.0153. The summed E-state index contributed by atoms with van der Waals surface area (Å²) in [4.78, 5) is 43.7. The van der Waals surface area contributed by atoms with E-state index >= 15 is 0 Å². The Morgan fingerprint density at radius 3 is 2.73 bits per heavy atom. The average molecular weight is 411 g/mol. The number of aromatic amines is 1. The van der Waals surface area contributed by atoms with Crippen LogP contribution in [0.2, 0.25) is 0 Å². The third-order valence-corrected chi connectivity index (χ3v) is 4.99. The smallest absolute Gasteiger partial charge is 0.306 e. The summed E-state index contributed by atoms with van der Waals surface area (Å²) in [6.45, 7) is 4.65. The van der Waals surface area contributed by atoms with Crippen LogP contribution in [-0.2, 0) is 27.2 Å². The van der Waals surface area contributed by atoms with Gasteiger partial charge in [-0.3, -0.25) is 14.4 Å². The number of carbonyl (C=O) groups excluding carboxylic acids is 2. The third kappa shape index (κ3) is 4.83. The number of hydrogen-bond donors (Lipinski definition) is 1. The van der Waals surface area contributed by atoms with Crippen molar-refractivity contribution in [1.82, 2.24) is 14.5 Å². The van der Waals surface area contributed by atoms with E-state index in [-0.39, 0.29) is 30.8 Å². The van der Waals surface area contributed by atoms with Crippen LogP contribution in [0.5, 0.6) is 0 Å². The fourth-order valence-corrected chi connectivity index (χ4v) is 3.38. The molecule has 0 amide bonds. The number of esters is 1. The molecule has 158 valence electrons. The molecule has 2 heterocycles. The Balaban J connectivity index is 1.56. The van der Waals surface area contributed by atoms with E-state index in [2.05, 4.69) is 9.97 Å². The van der Waals surface area contributed by atoms with Gasteiger partial charge in [-0.15, -0.1) is 0 Å². The molecular formula is C22H25N3O5. The van der Waals surface area contributed by atoms with E-state index in [0.29, 0.717) is 35.4 Å². The number of methoxy groups -OCH3 is 1. The van der Waals surface area contributed by atoms with Crippen LogP contribution >= 0.6 is 0 Å². The van der Waals surface area contributed by atoms with E-state index < -0.39 is 5.97 Å². The van der Waals surface area contributed by atoms with Crippen molar-refractivity contribution in [2.45, 2.75) is 33.2 Å². The number of benzene rings is 1. The number of nitrogens with one attached hydrogen (secondary N) is 1. The van der Waals surface area contributed by atoms with Crippen molar-refractivity contribution in [3.63, 3.8) is 0 Å². The summed E-state index contributed by atoms with van der Waals surface area (Å²) in [5, 5.41) is 0.498. The maximum atomic E-state index is 12.5. The van der Waals surface area contributed by atoms with Gasteiger partial charge in [0.05, 0.1) is 23.9 Å². The number of rotatable bonds is 9. The molecule has 0 spiro atoms. The standard InChI is InChI=1S/C22H25N3O5/c1-14-12-17(15(2)25(14)10-11-29-3)19(26)13-30-21(27)9-8-20-23-18-7-5-4-6-16(18)22(28)24-20/h4-7,12H,8-11,13H2,1-3H3,(H,23,24,28). The van der Waals surface area contributed by atoms with Crippen LogP contribution in [0.1, 0.15) is 34.0 Å². The highest BCUT2D eigenvalue weighted by atomic mass is 16.5. The van der Waals surface area contributed by atoms with Gasteiger partial charge in [0, 0.05) is 37.0 Å². The number of aryl methyl sites for hydroxylation is 2. The number of ether oxygens (including phenoxy) is 2. The Morgan fingerprint density at radius 2 is 1.97 bits per heavy atom. The SMILES string of the molecule is COCCn1c(C)cc(C(=O)COC(=O)CCc2nc3ccccc3c(=O)[nH]2)c1C. The molecule has 8 heteroatoms. The Bertz CT molecular complexity index is 1130. The van der Waals surface area contributed by atoms with Gasteiger partial charge in [0.15, 0.2) is 6.61 Å². The number of hydrogen-bond acceptors (Lipinski definition) is 6. The number of H-pyrrole nitrogens is 1. The van der Waals surface area contributed by atoms with Crippen LogP contribution in [0.3, 0.4) is 0 Å². The molecule has 0 bridgehead atoms. The molecule has 1 N–H and O–H groups in total. The maximum absolute atomic E-state index is 12.5. The molecule has 0 unspecified atom stereocenters. The van der Waals surface area contributed by atoms with Crippen molar-refractivity contribution >= 4 is 22.7 Å². The summed E-state index contributed by atoms with van der Waals surface area (Å²) in [6, 6.07) is 8.79. The second-order valence-electron chi connectivity index (χ2n) is 7.04.